The molecule has 0 spiro atoms. The van der Waals surface area contributed by atoms with Crippen molar-refractivity contribution in [3.63, 3.8) is 0 Å². The van der Waals surface area contributed by atoms with Crippen LogP contribution in [-0.2, 0) is 6.54 Å². The number of ether oxygens (including phenoxy) is 1. The number of piperidine rings is 1. The van der Waals surface area contributed by atoms with E-state index in [0.717, 1.165) is 18.8 Å². The van der Waals surface area contributed by atoms with E-state index in [-0.39, 0.29) is 30.1 Å². The van der Waals surface area contributed by atoms with Gasteiger partial charge in [-0.15, -0.1) is 0 Å². The summed E-state index contributed by atoms with van der Waals surface area (Å²) in [5, 5.41) is 24.4. The monoisotopic (exact) mass is 400 g/mol. The van der Waals surface area contributed by atoms with E-state index in [1.807, 2.05) is 36.4 Å². The van der Waals surface area contributed by atoms with Gasteiger partial charge >= 0.3 is 0 Å². The smallest absolute Gasteiger partial charge is 0.128 e. The molecular formula is C23H29FN2O3. The Hall–Kier alpha value is -1.99. The van der Waals surface area contributed by atoms with Gasteiger partial charge in [0.15, 0.2) is 0 Å². The molecule has 2 aliphatic rings. The number of benzene rings is 2. The summed E-state index contributed by atoms with van der Waals surface area (Å²) in [6.07, 6.45) is 0.761. The fourth-order valence-electron chi connectivity index (χ4n) is 4.52. The molecule has 2 fully saturated rings. The third kappa shape index (κ3) is 4.78. The minimum absolute atomic E-state index is 0.0337. The second-order valence-electron chi connectivity index (χ2n) is 8.03. The molecule has 0 unspecified atom stereocenters. The summed E-state index contributed by atoms with van der Waals surface area (Å²) in [6.45, 7) is 1.87. The van der Waals surface area contributed by atoms with Crippen LogP contribution in [0.15, 0.2) is 54.6 Å². The lowest BCUT2D eigenvalue weighted by molar-refractivity contribution is -0.0148. The molecular weight excluding hydrogens is 371 g/mol. The van der Waals surface area contributed by atoms with E-state index in [1.54, 1.807) is 12.1 Å². The number of rotatable bonds is 6. The van der Waals surface area contributed by atoms with Crippen LogP contribution in [0.25, 0.3) is 0 Å². The van der Waals surface area contributed by atoms with Crippen molar-refractivity contribution < 1.29 is 19.3 Å². The van der Waals surface area contributed by atoms with Crippen LogP contribution in [-0.4, -0.2) is 58.6 Å². The average Bonchev–Trinajstić information content (AvgIpc) is 3.04. The van der Waals surface area contributed by atoms with E-state index in [1.165, 1.54) is 6.07 Å². The molecule has 0 amide bonds. The number of hydrogen-bond donors (Lipinski definition) is 3. The lowest BCUT2D eigenvalue weighted by Crippen LogP contribution is -2.55. The van der Waals surface area contributed by atoms with Crippen molar-refractivity contribution in [3.05, 3.63) is 66.0 Å². The molecule has 1 saturated carbocycles. The summed E-state index contributed by atoms with van der Waals surface area (Å²) in [6, 6.07) is 16.1. The lowest BCUT2D eigenvalue weighted by Gasteiger charge is -2.39. The number of hydrogen-bond acceptors (Lipinski definition) is 5. The highest BCUT2D eigenvalue weighted by Crippen LogP contribution is 2.31. The van der Waals surface area contributed by atoms with Crippen molar-refractivity contribution in [2.75, 3.05) is 13.1 Å². The quantitative estimate of drug-likeness (QED) is 0.695. The number of para-hydroxylation sites is 1. The molecule has 156 valence electrons. The van der Waals surface area contributed by atoms with Crippen molar-refractivity contribution in [2.45, 2.75) is 56.2 Å². The van der Waals surface area contributed by atoms with Crippen LogP contribution in [0.4, 0.5) is 4.39 Å². The Labute approximate surface area is 171 Å². The average molecular weight is 400 g/mol. The number of aliphatic hydroxyl groups excluding tert-OH is 2. The van der Waals surface area contributed by atoms with Gasteiger partial charge in [0, 0.05) is 37.7 Å². The van der Waals surface area contributed by atoms with Gasteiger partial charge in [0.05, 0.1) is 12.1 Å². The first-order valence-electron chi connectivity index (χ1n) is 10.4. The SMILES string of the molecule is OC1CCN([C@@H]2[C@@H](O)[C@H](Oc3ccccc3)C[C@H]2NCc2ccccc2F)CC1. The van der Waals surface area contributed by atoms with Crippen LogP contribution < -0.4 is 10.1 Å². The molecule has 0 bridgehead atoms. The van der Waals surface area contributed by atoms with E-state index in [0.29, 0.717) is 31.4 Å². The second-order valence-corrected chi connectivity index (χ2v) is 8.03. The van der Waals surface area contributed by atoms with Crippen LogP contribution in [0.5, 0.6) is 5.75 Å². The molecule has 1 aliphatic heterocycles. The van der Waals surface area contributed by atoms with Gasteiger partial charge in [-0.25, -0.2) is 4.39 Å². The molecule has 5 nitrogen and oxygen atoms in total. The number of aliphatic hydroxyl groups is 2. The number of nitrogens with zero attached hydrogens (tertiary/aromatic N) is 1. The summed E-state index contributed by atoms with van der Waals surface area (Å²) in [5.74, 6) is 0.507. The first kappa shape index (κ1) is 20.3. The van der Waals surface area contributed by atoms with E-state index in [4.69, 9.17) is 4.74 Å². The maximum Gasteiger partial charge on any atom is 0.128 e. The van der Waals surface area contributed by atoms with Crippen molar-refractivity contribution in [1.29, 1.82) is 0 Å². The summed E-state index contributed by atoms with van der Waals surface area (Å²) < 4.78 is 20.1. The zero-order valence-corrected chi connectivity index (χ0v) is 16.5. The predicted molar refractivity (Wildman–Crippen MR) is 109 cm³/mol. The Morgan fingerprint density at radius 3 is 2.41 bits per heavy atom. The molecule has 3 N–H and O–H groups in total. The zero-order valence-electron chi connectivity index (χ0n) is 16.5. The van der Waals surface area contributed by atoms with E-state index >= 15 is 0 Å². The Bertz CT molecular complexity index is 783. The van der Waals surface area contributed by atoms with Crippen LogP contribution in [0.2, 0.25) is 0 Å². The van der Waals surface area contributed by atoms with Gasteiger partial charge < -0.3 is 20.3 Å². The maximum atomic E-state index is 14.0. The Morgan fingerprint density at radius 2 is 1.69 bits per heavy atom. The Kier molecular flexibility index (Phi) is 6.45. The van der Waals surface area contributed by atoms with Gasteiger partial charge in [0.1, 0.15) is 23.8 Å². The Morgan fingerprint density at radius 1 is 1.00 bits per heavy atom. The van der Waals surface area contributed by atoms with Gasteiger partial charge in [-0.3, -0.25) is 4.90 Å². The van der Waals surface area contributed by atoms with Crippen molar-refractivity contribution in [3.8, 4) is 5.75 Å². The zero-order chi connectivity index (χ0) is 20.2. The first-order chi connectivity index (χ1) is 14.1. The maximum absolute atomic E-state index is 14.0. The highest BCUT2D eigenvalue weighted by atomic mass is 19.1. The summed E-state index contributed by atoms with van der Waals surface area (Å²) in [5.41, 5.74) is 0.613. The second kappa shape index (κ2) is 9.22. The van der Waals surface area contributed by atoms with Gasteiger partial charge in [0.2, 0.25) is 0 Å². The van der Waals surface area contributed by atoms with Gasteiger partial charge in [-0.05, 0) is 31.0 Å². The fraction of sp³-hybridized carbons (Fsp3) is 0.478. The standard InChI is InChI=1S/C23H29FN2O3/c24-19-9-5-4-6-16(19)15-25-20-14-21(29-18-7-2-1-3-8-18)23(28)22(20)26-12-10-17(27)11-13-26/h1-9,17,20-23,25,27-28H,10-15H2/t20-,21-,22+,23+/m1/s1. The summed E-state index contributed by atoms with van der Waals surface area (Å²) in [7, 11) is 0. The molecule has 2 aromatic carbocycles. The van der Waals surface area contributed by atoms with E-state index in [2.05, 4.69) is 10.2 Å². The first-order valence-corrected chi connectivity index (χ1v) is 10.4. The van der Waals surface area contributed by atoms with Crippen molar-refractivity contribution in [2.24, 2.45) is 0 Å². The molecule has 1 heterocycles. The van der Waals surface area contributed by atoms with Crippen LogP contribution in [0.1, 0.15) is 24.8 Å². The van der Waals surface area contributed by atoms with Gasteiger partial charge in [0.25, 0.3) is 0 Å². The van der Waals surface area contributed by atoms with Crippen LogP contribution in [0.3, 0.4) is 0 Å². The largest absolute Gasteiger partial charge is 0.488 e. The minimum Gasteiger partial charge on any atom is -0.488 e. The number of halogens is 1. The van der Waals surface area contributed by atoms with Gasteiger partial charge in [-0.1, -0.05) is 36.4 Å². The molecule has 0 radical (unpaired) electrons. The number of nitrogens with one attached hydrogen (secondary N) is 1. The molecule has 4 atom stereocenters. The summed E-state index contributed by atoms with van der Waals surface area (Å²) >= 11 is 0. The normalized spacial score (nSPS) is 28.5. The van der Waals surface area contributed by atoms with Crippen LogP contribution in [0, 0.1) is 5.82 Å². The van der Waals surface area contributed by atoms with E-state index < -0.39 is 6.10 Å². The van der Waals surface area contributed by atoms with Crippen LogP contribution >= 0.6 is 0 Å². The predicted octanol–water partition coefficient (Wildman–Crippen LogP) is 2.32. The molecule has 1 aliphatic carbocycles. The minimum atomic E-state index is -0.663. The van der Waals surface area contributed by atoms with Crippen molar-refractivity contribution >= 4 is 0 Å². The molecule has 4 rings (SSSR count). The third-order valence-corrected chi connectivity index (χ3v) is 6.09. The molecule has 6 heteroatoms. The fourth-order valence-corrected chi connectivity index (χ4v) is 4.52. The molecule has 29 heavy (non-hydrogen) atoms. The lowest BCUT2D eigenvalue weighted by atomic mass is 10.0. The highest BCUT2D eigenvalue weighted by Gasteiger charge is 2.47. The Balaban J connectivity index is 1.48. The molecule has 1 saturated heterocycles. The van der Waals surface area contributed by atoms with Crippen molar-refractivity contribution in [1.82, 2.24) is 10.2 Å². The number of likely N-dealkylation sites (tertiary alicyclic amines) is 1. The summed E-state index contributed by atoms with van der Waals surface area (Å²) in [4.78, 5) is 2.24. The highest BCUT2D eigenvalue weighted by molar-refractivity contribution is 5.22. The molecule has 0 aromatic heterocycles. The third-order valence-electron chi connectivity index (χ3n) is 6.09. The topological polar surface area (TPSA) is 65.0 Å². The molecule has 2 aromatic rings. The van der Waals surface area contributed by atoms with Gasteiger partial charge in [-0.2, -0.15) is 0 Å². The van der Waals surface area contributed by atoms with E-state index in [9.17, 15) is 14.6 Å².